The van der Waals surface area contributed by atoms with Crippen LogP contribution in [0.1, 0.15) is 39.2 Å². The Bertz CT molecular complexity index is 681. The first-order valence-electron chi connectivity index (χ1n) is 10.4. The van der Waals surface area contributed by atoms with Crippen molar-refractivity contribution in [2.75, 3.05) is 44.6 Å². The van der Waals surface area contributed by atoms with Crippen molar-refractivity contribution < 1.29 is 9.59 Å². The lowest BCUT2D eigenvalue weighted by molar-refractivity contribution is -0.129. The van der Waals surface area contributed by atoms with Gasteiger partial charge in [0.05, 0.1) is 6.42 Å². The van der Waals surface area contributed by atoms with Gasteiger partial charge in [0, 0.05) is 57.4 Å². The average molecular weight is 423 g/mol. The van der Waals surface area contributed by atoms with Gasteiger partial charge < -0.3 is 15.5 Å². The Kier molecular flexibility index (Phi) is 8.49. The van der Waals surface area contributed by atoms with Crippen LogP contribution >= 0.6 is 12.4 Å². The lowest BCUT2D eigenvalue weighted by Crippen LogP contribution is -2.49. The summed E-state index contributed by atoms with van der Waals surface area (Å²) >= 11 is 0. The van der Waals surface area contributed by atoms with Crippen LogP contribution in [0.25, 0.3) is 0 Å². The van der Waals surface area contributed by atoms with Crippen molar-refractivity contribution in [2.45, 2.75) is 46.1 Å². The fraction of sp³-hybridized carbons (Fsp3) is 0.636. The maximum atomic E-state index is 12.7. The number of nitrogens with one attached hydrogen (secondary N) is 2. The molecule has 0 aromatic heterocycles. The first-order chi connectivity index (χ1) is 13.3. The molecule has 2 saturated heterocycles. The largest absolute Gasteiger partial charge is 0.341 e. The summed E-state index contributed by atoms with van der Waals surface area (Å²) in [5.41, 5.74) is 1.74. The molecular formula is C22H35ClN4O2. The molecule has 0 aliphatic carbocycles. The number of carbonyl (C=O) groups is 2. The number of piperazine rings is 1. The lowest BCUT2D eigenvalue weighted by Gasteiger charge is -2.32. The van der Waals surface area contributed by atoms with E-state index in [4.69, 9.17) is 0 Å². The molecule has 2 fully saturated rings. The van der Waals surface area contributed by atoms with E-state index in [0.717, 1.165) is 56.9 Å². The van der Waals surface area contributed by atoms with Crippen molar-refractivity contribution in [3.63, 3.8) is 0 Å². The highest BCUT2D eigenvalue weighted by atomic mass is 35.5. The van der Waals surface area contributed by atoms with Gasteiger partial charge in [0.25, 0.3) is 0 Å². The third kappa shape index (κ3) is 7.28. The van der Waals surface area contributed by atoms with Crippen LogP contribution in [0.5, 0.6) is 0 Å². The van der Waals surface area contributed by atoms with Gasteiger partial charge in [0.15, 0.2) is 0 Å². The standard InChI is InChI=1S/C22H34N4O2.ClH/c1-22(2,3)15-20(27)24-18-6-4-17(5-7-18)14-21(28)26-11-8-19(16-26)25-12-9-23-10-13-25;/h4-7,19,23H,8-16H2,1-3H3,(H,24,27);1H. The lowest BCUT2D eigenvalue weighted by atomic mass is 9.92. The van der Waals surface area contributed by atoms with E-state index < -0.39 is 0 Å². The molecule has 2 N–H and O–H groups in total. The van der Waals surface area contributed by atoms with Gasteiger partial charge in [-0.2, -0.15) is 0 Å². The molecule has 1 aromatic carbocycles. The molecule has 29 heavy (non-hydrogen) atoms. The van der Waals surface area contributed by atoms with Gasteiger partial charge in [0.1, 0.15) is 0 Å². The van der Waals surface area contributed by atoms with E-state index >= 15 is 0 Å². The second-order valence-corrected chi connectivity index (χ2v) is 9.23. The molecular weight excluding hydrogens is 388 g/mol. The Balaban J connectivity index is 0.00000300. The summed E-state index contributed by atoms with van der Waals surface area (Å²) in [6, 6.07) is 8.16. The zero-order valence-corrected chi connectivity index (χ0v) is 18.7. The predicted octanol–water partition coefficient (Wildman–Crippen LogP) is 2.53. The molecule has 0 bridgehead atoms. The number of likely N-dealkylation sites (tertiary alicyclic amines) is 1. The monoisotopic (exact) mass is 422 g/mol. The van der Waals surface area contributed by atoms with Crippen LogP contribution in [0, 0.1) is 5.41 Å². The average Bonchev–Trinajstić information content (AvgIpc) is 3.13. The van der Waals surface area contributed by atoms with Crippen LogP contribution in [-0.2, 0) is 16.0 Å². The van der Waals surface area contributed by atoms with Crippen molar-refractivity contribution in [3.05, 3.63) is 29.8 Å². The highest BCUT2D eigenvalue weighted by Gasteiger charge is 2.30. The fourth-order valence-corrected chi connectivity index (χ4v) is 3.99. The number of carbonyl (C=O) groups excluding carboxylic acids is 2. The fourth-order valence-electron chi connectivity index (χ4n) is 3.99. The summed E-state index contributed by atoms with van der Waals surface area (Å²) in [6.07, 6.45) is 1.98. The van der Waals surface area contributed by atoms with Crippen molar-refractivity contribution in [1.82, 2.24) is 15.1 Å². The summed E-state index contributed by atoms with van der Waals surface area (Å²) < 4.78 is 0. The first kappa shape index (κ1) is 23.6. The maximum absolute atomic E-state index is 12.7. The van der Waals surface area contributed by atoms with Crippen LogP contribution in [0.4, 0.5) is 5.69 Å². The molecule has 0 spiro atoms. The molecule has 1 aromatic rings. The Labute approximate surface area is 180 Å². The van der Waals surface area contributed by atoms with Gasteiger partial charge in [-0.3, -0.25) is 14.5 Å². The predicted molar refractivity (Wildman–Crippen MR) is 120 cm³/mol. The van der Waals surface area contributed by atoms with E-state index in [1.54, 1.807) is 0 Å². The molecule has 6 nitrogen and oxygen atoms in total. The molecule has 0 radical (unpaired) electrons. The molecule has 2 heterocycles. The number of halogens is 1. The maximum Gasteiger partial charge on any atom is 0.227 e. The summed E-state index contributed by atoms with van der Waals surface area (Å²) in [5, 5.41) is 6.31. The van der Waals surface area contributed by atoms with Crippen molar-refractivity contribution >= 4 is 29.9 Å². The minimum Gasteiger partial charge on any atom is -0.341 e. The van der Waals surface area contributed by atoms with Gasteiger partial charge >= 0.3 is 0 Å². The van der Waals surface area contributed by atoms with Crippen LogP contribution in [0.2, 0.25) is 0 Å². The number of amides is 2. The summed E-state index contributed by atoms with van der Waals surface area (Å²) in [5.74, 6) is 0.217. The van der Waals surface area contributed by atoms with E-state index in [9.17, 15) is 9.59 Å². The number of rotatable bonds is 5. The second kappa shape index (κ2) is 10.4. The molecule has 1 unspecified atom stereocenters. The number of anilines is 1. The summed E-state index contributed by atoms with van der Waals surface area (Å²) in [7, 11) is 0. The van der Waals surface area contributed by atoms with E-state index in [-0.39, 0.29) is 29.6 Å². The highest BCUT2D eigenvalue weighted by molar-refractivity contribution is 5.91. The van der Waals surface area contributed by atoms with Gasteiger partial charge in [-0.1, -0.05) is 32.9 Å². The van der Waals surface area contributed by atoms with Gasteiger partial charge in [-0.25, -0.2) is 0 Å². The van der Waals surface area contributed by atoms with Crippen LogP contribution in [-0.4, -0.2) is 66.9 Å². The molecule has 2 amide bonds. The Morgan fingerprint density at radius 1 is 1.10 bits per heavy atom. The number of benzene rings is 1. The van der Waals surface area contributed by atoms with Crippen molar-refractivity contribution in [1.29, 1.82) is 0 Å². The SMILES string of the molecule is CC(C)(C)CC(=O)Nc1ccc(CC(=O)N2CCC(N3CCNCC3)C2)cc1.Cl. The van der Waals surface area contributed by atoms with Crippen molar-refractivity contribution in [3.8, 4) is 0 Å². The smallest absolute Gasteiger partial charge is 0.227 e. The van der Waals surface area contributed by atoms with E-state index in [1.807, 2.05) is 49.9 Å². The molecule has 7 heteroatoms. The highest BCUT2D eigenvalue weighted by Crippen LogP contribution is 2.21. The molecule has 2 aliphatic rings. The molecule has 162 valence electrons. The minimum atomic E-state index is -0.0330. The molecule has 3 rings (SSSR count). The van der Waals surface area contributed by atoms with Crippen molar-refractivity contribution in [2.24, 2.45) is 5.41 Å². The summed E-state index contributed by atoms with van der Waals surface area (Å²) in [4.78, 5) is 29.3. The summed E-state index contributed by atoms with van der Waals surface area (Å²) in [6.45, 7) is 12.1. The van der Waals surface area contributed by atoms with E-state index in [1.165, 1.54) is 0 Å². The van der Waals surface area contributed by atoms with Crippen LogP contribution < -0.4 is 10.6 Å². The number of nitrogens with zero attached hydrogens (tertiary/aromatic N) is 2. The Morgan fingerprint density at radius 2 is 1.76 bits per heavy atom. The van der Waals surface area contributed by atoms with Gasteiger partial charge in [0.2, 0.25) is 11.8 Å². The minimum absolute atomic E-state index is 0. The van der Waals surface area contributed by atoms with Gasteiger partial charge in [-0.15, -0.1) is 12.4 Å². The molecule has 1 atom stereocenters. The van der Waals surface area contributed by atoms with E-state index in [0.29, 0.717) is 18.9 Å². The molecule has 2 aliphatic heterocycles. The number of hydrogen-bond donors (Lipinski definition) is 2. The number of hydrogen-bond acceptors (Lipinski definition) is 4. The Morgan fingerprint density at radius 3 is 2.38 bits per heavy atom. The zero-order chi connectivity index (χ0) is 20.1. The first-order valence-corrected chi connectivity index (χ1v) is 10.4. The van der Waals surface area contributed by atoms with Crippen LogP contribution in [0.15, 0.2) is 24.3 Å². The van der Waals surface area contributed by atoms with Gasteiger partial charge in [-0.05, 0) is 29.5 Å². The van der Waals surface area contributed by atoms with Crippen LogP contribution in [0.3, 0.4) is 0 Å². The molecule has 0 saturated carbocycles. The third-order valence-electron chi connectivity index (χ3n) is 5.47. The second-order valence-electron chi connectivity index (χ2n) is 9.23. The Hall–Kier alpha value is -1.63. The zero-order valence-electron chi connectivity index (χ0n) is 17.9. The third-order valence-corrected chi connectivity index (χ3v) is 5.47. The normalized spacial score (nSPS) is 20.2. The quantitative estimate of drug-likeness (QED) is 0.765. The van der Waals surface area contributed by atoms with E-state index in [2.05, 4.69) is 15.5 Å². The topological polar surface area (TPSA) is 64.7 Å².